The Morgan fingerprint density at radius 3 is 2.32 bits per heavy atom. The molecule has 1 saturated heterocycles. The van der Waals surface area contributed by atoms with Gasteiger partial charge < -0.3 is 19.7 Å². The Balaban J connectivity index is 1.63. The molecule has 6 heteroatoms. The van der Waals surface area contributed by atoms with Crippen molar-refractivity contribution < 1.29 is 19.7 Å². The van der Waals surface area contributed by atoms with Gasteiger partial charge in [-0.25, -0.2) is 0 Å². The number of piperazine rings is 1. The summed E-state index contributed by atoms with van der Waals surface area (Å²) in [6, 6.07) is 4.17. The highest BCUT2D eigenvalue weighted by Gasteiger charge is 2.29. The minimum absolute atomic E-state index is 0.0456. The van der Waals surface area contributed by atoms with E-state index in [2.05, 4.69) is 9.80 Å². The Bertz CT molecular complexity index is 594. The molecule has 2 fully saturated rings. The standard InChI is InChI=1S/C22H36N2O4/c1-27-20-12-18(13-21(28-2)22(20)26)14-23-9-10-24(19(16-23)8-11-25)15-17-6-4-3-5-7-17/h12-13,17,19,25-26H,3-11,14-16H2,1-2H3. The number of ether oxygens (including phenoxy) is 2. The molecule has 1 aromatic rings. The first kappa shape index (κ1) is 21.2. The van der Waals surface area contributed by atoms with Crippen molar-refractivity contribution in [3.05, 3.63) is 17.7 Å². The van der Waals surface area contributed by atoms with Gasteiger partial charge in [0.15, 0.2) is 11.5 Å². The minimum Gasteiger partial charge on any atom is -0.502 e. The Hall–Kier alpha value is -1.50. The first-order valence-electron chi connectivity index (χ1n) is 10.7. The molecule has 1 aromatic carbocycles. The van der Waals surface area contributed by atoms with E-state index in [4.69, 9.17) is 9.47 Å². The molecule has 2 N–H and O–H groups in total. The van der Waals surface area contributed by atoms with E-state index in [1.165, 1.54) is 38.6 Å². The molecule has 0 aromatic heterocycles. The maximum absolute atomic E-state index is 10.1. The molecule has 1 heterocycles. The third-order valence-electron chi connectivity index (χ3n) is 6.31. The molecule has 1 atom stereocenters. The zero-order chi connectivity index (χ0) is 19.9. The number of phenols is 1. The van der Waals surface area contributed by atoms with Gasteiger partial charge in [-0.2, -0.15) is 0 Å². The molecule has 0 radical (unpaired) electrons. The van der Waals surface area contributed by atoms with E-state index < -0.39 is 0 Å². The SMILES string of the molecule is COc1cc(CN2CCN(CC3CCCCC3)C(CCO)C2)cc(OC)c1O. The Kier molecular flexibility index (Phi) is 7.82. The average molecular weight is 393 g/mol. The van der Waals surface area contributed by atoms with Crippen LogP contribution >= 0.6 is 0 Å². The molecule has 1 aliphatic heterocycles. The van der Waals surface area contributed by atoms with E-state index in [-0.39, 0.29) is 12.4 Å². The van der Waals surface area contributed by atoms with E-state index in [0.29, 0.717) is 17.5 Å². The normalized spacial score (nSPS) is 22.3. The van der Waals surface area contributed by atoms with E-state index in [9.17, 15) is 10.2 Å². The average Bonchev–Trinajstić information content (AvgIpc) is 2.72. The maximum Gasteiger partial charge on any atom is 0.200 e. The number of aromatic hydroxyl groups is 1. The summed E-state index contributed by atoms with van der Waals surface area (Å²) in [5, 5.41) is 19.7. The fourth-order valence-electron chi connectivity index (χ4n) is 4.76. The smallest absolute Gasteiger partial charge is 0.200 e. The number of methoxy groups -OCH3 is 2. The fourth-order valence-corrected chi connectivity index (χ4v) is 4.76. The number of aliphatic hydroxyl groups excluding tert-OH is 1. The van der Waals surface area contributed by atoms with Crippen molar-refractivity contribution in [2.24, 2.45) is 5.92 Å². The van der Waals surface area contributed by atoms with Gasteiger partial charge in [0.1, 0.15) is 0 Å². The van der Waals surface area contributed by atoms with Gasteiger partial charge in [0.25, 0.3) is 0 Å². The number of nitrogens with zero attached hydrogens (tertiary/aromatic N) is 2. The van der Waals surface area contributed by atoms with Crippen LogP contribution in [-0.2, 0) is 6.54 Å². The topological polar surface area (TPSA) is 65.4 Å². The number of phenolic OH excluding ortho intramolecular Hbond substituents is 1. The first-order chi connectivity index (χ1) is 13.6. The monoisotopic (exact) mass is 392 g/mol. The van der Waals surface area contributed by atoms with Gasteiger partial charge in [-0.3, -0.25) is 9.80 Å². The summed E-state index contributed by atoms with van der Waals surface area (Å²) in [5.74, 6) is 1.76. The second-order valence-electron chi connectivity index (χ2n) is 8.25. The summed E-state index contributed by atoms with van der Waals surface area (Å²) in [6.45, 7) is 5.22. The summed E-state index contributed by atoms with van der Waals surface area (Å²) in [6.07, 6.45) is 7.69. The Morgan fingerprint density at radius 2 is 1.71 bits per heavy atom. The molecule has 3 rings (SSSR count). The van der Waals surface area contributed by atoms with E-state index >= 15 is 0 Å². The van der Waals surface area contributed by atoms with Crippen molar-refractivity contribution in [2.45, 2.75) is 51.1 Å². The molecule has 158 valence electrons. The Morgan fingerprint density at radius 1 is 1.04 bits per heavy atom. The van der Waals surface area contributed by atoms with Crippen LogP contribution in [0.2, 0.25) is 0 Å². The summed E-state index contributed by atoms with van der Waals surface area (Å²) in [7, 11) is 3.11. The molecule has 0 bridgehead atoms. The van der Waals surface area contributed by atoms with Gasteiger partial charge in [-0.15, -0.1) is 0 Å². The van der Waals surface area contributed by atoms with Crippen LogP contribution in [0.3, 0.4) is 0 Å². The zero-order valence-electron chi connectivity index (χ0n) is 17.4. The predicted octanol–water partition coefficient (Wildman–Crippen LogP) is 2.86. The summed E-state index contributed by atoms with van der Waals surface area (Å²) >= 11 is 0. The van der Waals surface area contributed by atoms with Crippen LogP contribution in [0.1, 0.15) is 44.1 Å². The maximum atomic E-state index is 10.1. The molecule has 28 heavy (non-hydrogen) atoms. The molecular formula is C22H36N2O4. The quantitative estimate of drug-likeness (QED) is 0.709. The van der Waals surface area contributed by atoms with Crippen LogP contribution in [0.5, 0.6) is 17.2 Å². The van der Waals surface area contributed by atoms with Crippen molar-refractivity contribution in [1.82, 2.24) is 9.80 Å². The van der Waals surface area contributed by atoms with Gasteiger partial charge in [0.05, 0.1) is 14.2 Å². The van der Waals surface area contributed by atoms with Crippen LogP contribution < -0.4 is 9.47 Å². The lowest BCUT2D eigenvalue weighted by molar-refractivity contribution is 0.0400. The zero-order valence-corrected chi connectivity index (χ0v) is 17.4. The van der Waals surface area contributed by atoms with E-state index in [1.807, 2.05) is 12.1 Å². The predicted molar refractivity (Wildman–Crippen MR) is 110 cm³/mol. The Labute approximate surface area is 169 Å². The van der Waals surface area contributed by atoms with Crippen molar-refractivity contribution in [2.75, 3.05) is 47.0 Å². The number of hydrogen-bond donors (Lipinski definition) is 2. The van der Waals surface area contributed by atoms with Crippen LogP contribution in [0, 0.1) is 5.92 Å². The summed E-state index contributed by atoms with van der Waals surface area (Å²) in [4.78, 5) is 5.05. The van der Waals surface area contributed by atoms with Crippen molar-refractivity contribution >= 4 is 0 Å². The van der Waals surface area contributed by atoms with Crippen molar-refractivity contribution in [3.8, 4) is 17.2 Å². The van der Waals surface area contributed by atoms with Crippen LogP contribution in [0.15, 0.2) is 12.1 Å². The lowest BCUT2D eigenvalue weighted by Crippen LogP contribution is -2.54. The highest BCUT2D eigenvalue weighted by molar-refractivity contribution is 5.52. The molecule has 0 spiro atoms. The number of aliphatic hydroxyl groups is 1. The number of hydrogen-bond acceptors (Lipinski definition) is 6. The van der Waals surface area contributed by atoms with Gasteiger partial charge in [0, 0.05) is 45.4 Å². The molecule has 0 amide bonds. The first-order valence-corrected chi connectivity index (χ1v) is 10.7. The van der Waals surface area contributed by atoms with Crippen molar-refractivity contribution in [3.63, 3.8) is 0 Å². The van der Waals surface area contributed by atoms with Crippen molar-refractivity contribution in [1.29, 1.82) is 0 Å². The van der Waals surface area contributed by atoms with Gasteiger partial charge in [-0.05, 0) is 42.9 Å². The number of benzene rings is 1. The molecule has 1 saturated carbocycles. The van der Waals surface area contributed by atoms with Crippen LogP contribution in [0.4, 0.5) is 0 Å². The van der Waals surface area contributed by atoms with Crippen LogP contribution in [-0.4, -0.2) is 73.1 Å². The molecular weight excluding hydrogens is 356 g/mol. The van der Waals surface area contributed by atoms with Gasteiger partial charge in [0.2, 0.25) is 5.75 Å². The largest absolute Gasteiger partial charge is 0.502 e. The highest BCUT2D eigenvalue weighted by Crippen LogP contribution is 2.37. The van der Waals surface area contributed by atoms with E-state index in [1.54, 1.807) is 14.2 Å². The lowest BCUT2D eigenvalue weighted by atomic mass is 9.88. The molecule has 6 nitrogen and oxygen atoms in total. The molecule has 1 aliphatic carbocycles. The molecule has 2 aliphatic rings. The third kappa shape index (κ3) is 5.31. The summed E-state index contributed by atoms with van der Waals surface area (Å²) in [5.41, 5.74) is 1.06. The minimum atomic E-state index is 0.0456. The lowest BCUT2D eigenvalue weighted by Gasteiger charge is -2.43. The number of rotatable bonds is 8. The second-order valence-corrected chi connectivity index (χ2v) is 8.25. The summed E-state index contributed by atoms with van der Waals surface area (Å²) < 4.78 is 10.6. The van der Waals surface area contributed by atoms with Gasteiger partial charge >= 0.3 is 0 Å². The third-order valence-corrected chi connectivity index (χ3v) is 6.31. The van der Waals surface area contributed by atoms with E-state index in [0.717, 1.165) is 44.1 Å². The van der Waals surface area contributed by atoms with Crippen LogP contribution in [0.25, 0.3) is 0 Å². The van der Waals surface area contributed by atoms with Gasteiger partial charge in [-0.1, -0.05) is 19.3 Å². The molecule has 1 unspecified atom stereocenters. The highest BCUT2D eigenvalue weighted by atomic mass is 16.5. The fraction of sp³-hybridized carbons (Fsp3) is 0.727. The second kappa shape index (κ2) is 10.3.